The number of aliphatic hydroxyl groups is 2. The summed E-state index contributed by atoms with van der Waals surface area (Å²) in [5, 5.41) is 20.7. The Morgan fingerprint density at radius 1 is 1.45 bits per heavy atom. The van der Waals surface area contributed by atoms with Crippen molar-refractivity contribution in [2.75, 3.05) is 18.5 Å². The minimum atomic E-state index is -0.926. The first-order valence-electron chi connectivity index (χ1n) is 6.28. The summed E-state index contributed by atoms with van der Waals surface area (Å²) in [7, 11) is 0. The highest BCUT2D eigenvalue weighted by molar-refractivity contribution is 5.91. The van der Waals surface area contributed by atoms with Crippen molar-refractivity contribution >= 4 is 11.7 Å². The molecule has 0 heterocycles. The van der Waals surface area contributed by atoms with Crippen LogP contribution < -0.4 is 5.32 Å². The number of ether oxygens (including phenoxy) is 1. The van der Waals surface area contributed by atoms with Crippen LogP contribution in [0.2, 0.25) is 0 Å². The Bertz CT molecular complexity index is 471. The van der Waals surface area contributed by atoms with E-state index in [0.717, 1.165) is 6.07 Å². The van der Waals surface area contributed by atoms with Crippen molar-refractivity contribution in [3.05, 3.63) is 29.6 Å². The molecule has 1 aromatic carbocycles. The fourth-order valence-electron chi connectivity index (χ4n) is 1.42. The van der Waals surface area contributed by atoms with E-state index in [4.69, 9.17) is 9.84 Å². The third-order valence-electron chi connectivity index (χ3n) is 2.34. The predicted octanol–water partition coefficient (Wildman–Crippen LogP) is 1.55. The first kappa shape index (κ1) is 16.4. The number of rotatable bonds is 5. The number of benzene rings is 1. The first-order valence-corrected chi connectivity index (χ1v) is 6.28. The van der Waals surface area contributed by atoms with Gasteiger partial charge < -0.3 is 20.3 Å². The molecule has 0 saturated heterocycles. The molecule has 0 aromatic heterocycles. The summed E-state index contributed by atoms with van der Waals surface area (Å²) in [6.45, 7) is 4.80. The van der Waals surface area contributed by atoms with Crippen molar-refractivity contribution in [1.82, 2.24) is 0 Å². The minimum absolute atomic E-state index is 0.0931. The van der Waals surface area contributed by atoms with Crippen LogP contribution in [-0.4, -0.2) is 41.0 Å². The maximum atomic E-state index is 13.6. The third-order valence-corrected chi connectivity index (χ3v) is 2.34. The van der Waals surface area contributed by atoms with Gasteiger partial charge in [-0.15, -0.1) is 0 Å². The second-order valence-corrected chi connectivity index (χ2v) is 5.41. The Kier molecular flexibility index (Phi) is 5.47. The number of carbonyl (C=O) groups excluding carboxylic acids is 1. The van der Waals surface area contributed by atoms with Crippen molar-refractivity contribution in [2.45, 2.75) is 32.5 Å². The number of hydrogen-bond donors (Lipinski definition) is 3. The Hall–Kier alpha value is -1.66. The highest BCUT2D eigenvalue weighted by Gasteiger charge is 2.21. The van der Waals surface area contributed by atoms with Crippen molar-refractivity contribution in [2.24, 2.45) is 0 Å². The Morgan fingerprint density at radius 2 is 2.10 bits per heavy atom. The lowest BCUT2D eigenvalue weighted by Crippen LogP contribution is -2.25. The van der Waals surface area contributed by atoms with Gasteiger partial charge in [0.15, 0.2) is 0 Å². The van der Waals surface area contributed by atoms with E-state index >= 15 is 0 Å². The molecule has 0 aliphatic carbocycles. The summed E-state index contributed by atoms with van der Waals surface area (Å²) in [6.07, 6.45) is -0.926. The third kappa shape index (κ3) is 5.14. The van der Waals surface area contributed by atoms with E-state index < -0.39 is 23.5 Å². The molecular weight excluding hydrogens is 265 g/mol. The maximum absolute atomic E-state index is 13.6. The van der Waals surface area contributed by atoms with Crippen LogP contribution in [0, 0.1) is 5.82 Å². The maximum Gasteiger partial charge on any atom is 0.341 e. The van der Waals surface area contributed by atoms with Gasteiger partial charge >= 0.3 is 5.97 Å². The van der Waals surface area contributed by atoms with Crippen LogP contribution in [-0.2, 0) is 4.74 Å². The second-order valence-electron chi connectivity index (χ2n) is 5.41. The van der Waals surface area contributed by atoms with Crippen LogP contribution in [0.4, 0.5) is 10.1 Å². The lowest BCUT2D eigenvalue weighted by molar-refractivity contribution is 0.00648. The SMILES string of the molecule is CC(C)(C)OC(=O)c1cc(NCC(O)CO)ccc1F. The fourth-order valence-corrected chi connectivity index (χ4v) is 1.42. The van der Waals surface area contributed by atoms with Gasteiger partial charge in [-0.05, 0) is 39.0 Å². The van der Waals surface area contributed by atoms with Gasteiger partial charge in [0, 0.05) is 12.2 Å². The van der Waals surface area contributed by atoms with Crippen LogP contribution in [0.1, 0.15) is 31.1 Å². The van der Waals surface area contributed by atoms with E-state index in [1.54, 1.807) is 20.8 Å². The number of aliphatic hydroxyl groups excluding tert-OH is 2. The van der Waals surface area contributed by atoms with E-state index in [9.17, 15) is 14.3 Å². The van der Waals surface area contributed by atoms with Gasteiger partial charge in [-0.3, -0.25) is 0 Å². The molecule has 1 rings (SSSR count). The van der Waals surface area contributed by atoms with Crippen molar-refractivity contribution in [3.8, 4) is 0 Å². The molecule has 0 aliphatic rings. The number of halogens is 1. The second kappa shape index (κ2) is 6.67. The lowest BCUT2D eigenvalue weighted by Gasteiger charge is -2.20. The lowest BCUT2D eigenvalue weighted by atomic mass is 10.1. The predicted molar refractivity (Wildman–Crippen MR) is 73.2 cm³/mol. The summed E-state index contributed by atoms with van der Waals surface area (Å²) in [5.74, 6) is -1.42. The van der Waals surface area contributed by atoms with Crippen LogP contribution in [0.5, 0.6) is 0 Å². The van der Waals surface area contributed by atoms with Crippen LogP contribution in [0.25, 0.3) is 0 Å². The van der Waals surface area contributed by atoms with Gasteiger partial charge in [0.25, 0.3) is 0 Å². The molecule has 0 radical (unpaired) electrons. The molecule has 1 unspecified atom stereocenters. The molecule has 0 fully saturated rings. The zero-order chi connectivity index (χ0) is 15.3. The van der Waals surface area contributed by atoms with Gasteiger partial charge in [-0.2, -0.15) is 0 Å². The Morgan fingerprint density at radius 3 is 2.65 bits per heavy atom. The zero-order valence-electron chi connectivity index (χ0n) is 11.8. The monoisotopic (exact) mass is 285 g/mol. The van der Waals surface area contributed by atoms with E-state index in [1.165, 1.54) is 12.1 Å². The van der Waals surface area contributed by atoms with Crippen molar-refractivity contribution in [1.29, 1.82) is 0 Å². The van der Waals surface area contributed by atoms with Crippen LogP contribution in [0.3, 0.4) is 0 Å². The van der Waals surface area contributed by atoms with Crippen LogP contribution in [0.15, 0.2) is 18.2 Å². The zero-order valence-corrected chi connectivity index (χ0v) is 11.8. The average molecular weight is 285 g/mol. The molecule has 1 atom stereocenters. The standard InChI is InChI=1S/C14H20FNO4/c1-14(2,3)20-13(19)11-6-9(4-5-12(11)15)16-7-10(18)8-17/h4-6,10,16-18H,7-8H2,1-3H3. The molecular formula is C14H20FNO4. The summed E-state index contributed by atoms with van der Waals surface area (Å²) in [5.41, 5.74) is -0.428. The normalized spacial score (nSPS) is 12.9. The highest BCUT2D eigenvalue weighted by Crippen LogP contribution is 2.18. The Labute approximate surface area is 117 Å². The minimum Gasteiger partial charge on any atom is -0.456 e. The summed E-state index contributed by atoms with van der Waals surface area (Å²) in [6, 6.07) is 3.90. The first-order chi connectivity index (χ1) is 9.23. The van der Waals surface area contributed by atoms with Crippen LogP contribution >= 0.6 is 0 Å². The van der Waals surface area contributed by atoms with Crippen molar-refractivity contribution < 1.29 is 24.1 Å². The molecule has 0 amide bonds. The van der Waals surface area contributed by atoms with Gasteiger partial charge in [0.05, 0.1) is 18.3 Å². The van der Waals surface area contributed by atoms with Gasteiger partial charge in [0.2, 0.25) is 0 Å². The van der Waals surface area contributed by atoms with Gasteiger partial charge in [-0.25, -0.2) is 9.18 Å². The van der Waals surface area contributed by atoms with E-state index in [0.29, 0.717) is 5.69 Å². The number of anilines is 1. The molecule has 0 bridgehead atoms. The van der Waals surface area contributed by atoms with Gasteiger partial charge in [0.1, 0.15) is 11.4 Å². The number of esters is 1. The van der Waals surface area contributed by atoms with E-state index in [1.807, 2.05) is 0 Å². The largest absolute Gasteiger partial charge is 0.456 e. The molecule has 0 spiro atoms. The number of hydrogen-bond acceptors (Lipinski definition) is 5. The van der Waals surface area contributed by atoms with Gasteiger partial charge in [-0.1, -0.05) is 0 Å². The fraction of sp³-hybridized carbons (Fsp3) is 0.500. The quantitative estimate of drug-likeness (QED) is 0.715. The Balaban J connectivity index is 2.83. The smallest absolute Gasteiger partial charge is 0.341 e. The number of carbonyl (C=O) groups is 1. The number of nitrogens with one attached hydrogen (secondary N) is 1. The van der Waals surface area contributed by atoms with E-state index in [-0.39, 0.29) is 18.7 Å². The molecule has 112 valence electrons. The molecule has 20 heavy (non-hydrogen) atoms. The molecule has 0 saturated carbocycles. The molecule has 5 nitrogen and oxygen atoms in total. The topological polar surface area (TPSA) is 78.8 Å². The van der Waals surface area contributed by atoms with Crippen molar-refractivity contribution in [3.63, 3.8) is 0 Å². The molecule has 0 aliphatic heterocycles. The van der Waals surface area contributed by atoms with E-state index in [2.05, 4.69) is 5.32 Å². The molecule has 6 heteroatoms. The molecule has 1 aromatic rings. The highest BCUT2D eigenvalue weighted by atomic mass is 19.1. The summed E-state index contributed by atoms with van der Waals surface area (Å²) in [4.78, 5) is 11.8. The summed E-state index contributed by atoms with van der Waals surface area (Å²) >= 11 is 0. The molecule has 3 N–H and O–H groups in total. The summed E-state index contributed by atoms with van der Waals surface area (Å²) < 4.78 is 18.8. The average Bonchev–Trinajstić information content (AvgIpc) is 2.35.